The van der Waals surface area contributed by atoms with E-state index in [2.05, 4.69) is 45.7 Å². The van der Waals surface area contributed by atoms with Crippen LogP contribution in [-0.4, -0.2) is 12.1 Å². The summed E-state index contributed by atoms with van der Waals surface area (Å²) in [6.45, 7) is 13.0. The molecule has 0 atom stereocenters. The average Bonchev–Trinajstić information content (AvgIpc) is 2.12. The molecule has 15 heavy (non-hydrogen) atoms. The molecular formula is C13H24N2. The summed E-state index contributed by atoms with van der Waals surface area (Å²) in [5, 5.41) is 12.7. The van der Waals surface area contributed by atoms with E-state index in [4.69, 9.17) is 0 Å². The van der Waals surface area contributed by atoms with Gasteiger partial charge in [0.15, 0.2) is 0 Å². The number of hydrogen-bond acceptors (Lipinski definition) is 2. The molecule has 0 bridgehead atoms. The van der Waals surface area contributed by atoms with Crippen LogP contribution in [0.15, 0.2) is 12.7 Å². The standard InChI is InChI=1S/C13H24N2/c1-6-7-15-13(10-14,8-11(2)3)9-12(4)5/h6,11-12,15H,1,7-9H2,2-5H3. The molecule has 0 aromatic heterocycles. The fraction of sp³-hybridized carbons (Fsp3) is 0.769. The Morgan fingerprint density at radius 3 is 2.00 bits per heavy atom. The SMILES string of the molecule is C=CCNC(C#N)(CC(C)C)CC(C)C. The molecule has 0 saturated carbocycles. The first kappa shape index (κ1) is 14.2. The van der Waals surface area contributed by atoms with Crippen LogP contribution in [0.2, 0.25) is 0 Å². The number of nitrogens with one attached hydrogen (secondary N) is 1. The molecule has 86 valence electrons. The fourth-order valence-corrected chi connectivity index (χ4v) is 2.02. The molecule has 2 heteroatoms. The molecule has 0 rings (SSSR count). The summed E-state index contributed by atoms with van der Waals surface area (Å²) < 4.78 is 0. The quantitative estimate of drug-likeness (QED) is 0.652. The minimum absolute atomic E-state index is 0.378. The summed E-state index contributed by atoms with van der Waals surface area (Å²) in [6, 6.07) is 2.45. The minimum Gasteiger partial charge on any atom is -0.296 e. The van der Waals surface area contributed by atoms with Gasteiger partial charge in [0, 0.05) is 6.54 Å². The third kappa shape index (κ3) is 5.59. The van der Waals surface area contributed by atoms with E-state index in [9.17, 15) is 5.26 Å². The van der Waals surface area contributed by atoms with Crippen molar-refractivity contribution in [2.75, 3.05) is 6.54 Å². The van der Waals surface area contributed by atoms with E-state index < -0.39 is 0 Å². The van der Waals surface area contributed by atoms with Crippen molar-refractivity contribution in [2.24, 2.45) is 11.8 Å². The molecule has 0 radical (unpaired) electrons. The Morgan fingerprint density at radius 2 is 1.73 bits per heavy atom. The van der Waals surface area contributed by atoms with Gasteiger partial charge in [0.1, 0.15) is 5.54 Å². The Balaban J connectivity index is 4.60. The molecular weight excluding hydrogens is 184 g/mol. The van der Waals surface area contributed by atoms with Gasteiger partial charge in [0.05, 0.1) is 6.07 Å². The average molecular weight is 208 g/mol. The van der Waals surface area contributed by atoms with Crippen molar-refractivity contribution >= 4 is 0 Å². The van der Waals surface area contributed by atoms with Crippen molar-refractivity contribution in [1.82, 2.24) is 5.32 Å². The predicted molar refractivity (Wildman–Crippen MR) is 65.5 cm³/mol. The van der Waals surface area contributed by atoms with Crippen LogP contribution in [0.5, 0.6) is 0 Å². The van der Waals surface area contributed by atoms with Gasteiger partial charge in [-0.1, -0.05) is 33.8 Å². The first-order valence-corrected chi connectivity index (χ1v) is 5.73. The maximum absolute atomic E-state index is 9.35. The van der Waals surface area contributed by atoms with Crippen LogP contribution in [0.25, 0.3) is 0 Å². The van der Waals surface area contributed by atoms with Crippen LogP contribution < -0.4 is 5.32 Å². The molecule has 0 spiro atoms. The lowest BCUT2D eigenvalue weighted by Gasteiger charge is -2.31. The molecule has 0 heterocycles. The van der Waals surface area contributed by atoms with Crippen LogP contribution in [-0.2, 0) is 0 Å². The normalized spacial score (nSPS) is 11.8. The van der Waals surface area contributed by atoms with Crippen LogP contribution in [0, 0.1) is 23.2 Å². The lowest BCUT2D eigenvalue weighted by molar-refractivity contribution is 0.296. The van der Waals surface area contributed by atoms with Crippen molar-refractivity contribution in [2.45, 2.75) is 46.1 Å². The second-order valence-corrected chi connectivity index (χ2v) is 5.06. The Hall–Kier alpha value is -0.810. The zero-order chi connectivity index (χ0) is 11.9. The zero-order valence-electron chi connectivity index (χ0n) is 10.5. The fourth-order valence-electron chi connectivity index (χ4n) is 2.02. The van der Waals surface area contributed by atoms with Crippen molar-refractivity contribution in [3.8, 4) is 6.07 Å². The van der Waals surface area contributed by atoms with Crippen LogP contribution in [0.1, 0.15) is 40.5 Å². The molecule has 0 aromatic carbocycles. The molecule has 0 saturated heterocycles. The second kappa shape index (κ2) is 6.63. The summed E-state index contributed by atoms with van der Waals surface area (Å²) in [4.78, 5) is 0. The van der Waals surface area contributed by atoms with Gasteiger partial charge >= 0.3 is 0 Å². The molecule has 0 fully saturated rings. The van der Waals surface area contributed by atoms with Crippen molar-refractivity contribution in [3.05, 3.63) is 12.7 Å². The monoisotopic (exact) mass is 208 g/mol. The zero-order valence-corrected chi connectivity index (χ0v) is 10.5. The Morgan fingerprint density at radius 1 is 1.27 bits per heavy atom. The van der Waals surface area contributed by atoms with Crippen LogP contribution in [0.3, 0.4) is 0 Å². The molecule has 0 unspecified atom stereocenters. The summed E-state index contributed by atoms with van der Waals surface area (Å²) >= 11 is 0. The van der Waals surface area contributed by atoms with Crippen molar-refractivity contribution in [3.63, 3.8) is 0 Å². The van der Waals surface area contributed by atoms with Gasteiger partial charge in [-0.25, -0.2) is 0 Å². The largest absolute Gasteiger partial charge is 0.296 e. The van der Waals surface area contributed by atoms with E-state index in [0.29, 0.717) is 18.4 Å². The third-order valence-corrected chi connectivity index (χ3v) is 2.31. The second-order valence-electron chi connectivity index (χ2n) is 5.06. The summed E-state index contributed by atoms with van der Waals surface area (Å²) in [6.07, 6.45) is 3.61. The van der Waals surface area contributed by atoms with E-state index in [1.807, 2.05) is 6.08 Å². The molecule has 2 nitrogen and oxygen atoms in total. The minimum atomic E-state index is -0.378. The van der Waals surface area contributed by atoms with Crippen LogP contribution in [0.4, 0.5) is 0 Å². The Bertz CT molecular complexity index is 213. The van der Waals surface area contributed by atoms with Gasteiger partial charge < -0.3 is 0 Å². The lowest BCUT2D eigenvalue weighted by atomic mass is 9.83. The van der Waals surface area contributed by atoms with Gasteiger partial charge in [0.2, 0.25) is 0 Å². The number of rotatable bonds is 7. The third-order valence-electron chi connectivity index (χ3n) is 2.31. The molecule has 1 N–H and O–H groups in total. The van der Waals surface area contributed by atoms with E-state index in [-0.39, 0.29) is 5.54 Å². The predicted octanol–water partition coefficient (Wildman–Crippen LogP) is 3.12. The van der Waals surface area contributed by atoms with Crippen molar-refractivity contribution in [1.29, 1.82) is 5.26 Å². The first-order valence-electron chi connectivity index (χ1n) is 5.73. The van der Waals surface area contributed by atoms with Gasteiger partial charge in [-0.2, -0.15) is 5.26 Å². The van der Waals surface area contributed by atoms with E-state index in [1.54, 1.807) is 0 Å². The Kier molecular flexibility index (Phi) is 6.27. The molecule has 0 aliphatic rings. The molecule has 0 amide bonds. The summed E-state index contributed by atoms with van der Waals surface area (Å²) in [5.41, 5.74) is -0.378. The summed E-state index contributed by atoms with van der Waals surface area (Å²) in [5.74, 6) is 1.06. The van der Waals surface area contributed by atoms with E-state index >= 15 is 0 Å². The van der Waals surface area contributed by atoms with Gasteiger partial charge in [-0.05, 0) is 24.7 Å². The molecule has 0 aliphatic carbocycles. The number of hydrogen-bond donors (Lipinski definition) is 1. The Labute approximate surface area is 94.4 Å². The van der Waals surface area contributed by atoms with E-state index in [1.165, 1.54) is 0 Å². The number of nitrogens with zero attached hydrogens (tertiary/aromatic N) is 1. The number of nitriles is 1. The maximum Gasteiger partial charge on any atom is 0.107 e. The van der Waals surface area contributed by atoms with Gasteiger partial charge in [-0.15, -0.1) is 6.58 Å². The molecule has 0 aliphatic heterocycles. The topological polar surface area (TPSA) is 35.8 Å². The highest BCUT2D eigenvalue weighted by Gasteiger charge is 2.30. The van der Waals surface area contributed by atoms with Crippen molar-refractivity contribution < 1.29 is 0 Å². The highest BCUT2D eigenvalue weighted by molar-refractivity contribution is 5.08. The first-order chi connectivity index (χ1) is 6.95. The maximum atomic E-state index is 9.35. The van der Waals surface area contributed by atoms with Gasteiger partial charge in [0.25, 0.3) is 0 Å². The smallest absolute Gasteiger partial charge is 0.107 e. The summed E-state index contributed by atoms with van der Waals surface area (Å²) in [7, 11) is 0. The van der Waals surface area contributed by atoms with Gasteiger partial charge in [-0.3, -0.25) is 5.32 Å². The highest BCUT2D eigenvalue weighted by Crippen LogP contribution is 2.24. The van der Waals surface area contributed by atoms with E-state index in [0.717, 1.165) is 12.8 Å². The van der Waals surface area contributed by atoms with Crippen LogP contribution >= 0.6 is 0 Å². The highest BCUT2D eigenvalue weighted by atomic mass is 15.0. The lowest BCUT2D eigenvalue weighted by Crippen LogP contribution is -2.46. The molecule has 0 aromatic rings.